The molecule has 19 heavy (non-hydrogen) atoms. The van der Waals surface area contributed by atoms with Crippen LogP contribution in [-0.2, 0) is 0 Å². The van der Waals surface area contributed by atoms with Crippen molar-refractivity contribution >= 4 is 5.91 Å². The van der Waals surface area contributed by atoms with E-state index in [-0.39, 0.29) is 17.9 Å². The van der Waals surface area contributed by atoms with Crippen LogP contribution < -0.4 is 5.32 Å². The minimum Gasteiger partial charge on any atom is -0.349 e. The summed E-state index contributed by atoms with van der Waals surface area (Å²) >= 11 is 0. The Kier molecular flexibility index (Phi) is 4.35. The van der Waals surface area contributed by atoms with E-state index in [0.29, 0.717) is 5.56 Å². The SMILES string of the molecule is C[C@H](NC(=O)c1ccccc1)[C@H](C)c1ccccc1. The van der Waals surface area contributed by atoms with Gasteiger partial charge in [-0.3, -0.25) is 4.79 Å². The molecule has 98 valence electrons. The van der Waals surface area contributed by atoms with Crippen molar-refractivity contribution in [2.24, 2.45) is 0 Å². The van der Waals surface area contributed by atoms with Gasteiger partial charge in [0.1, 0.15) is 0 Å². The third-order valence-electron chi connectivity index (χ3n) is 3.47. The molecule has 2 rings (SSSR count). The maximum Gasteiger partial charge on any atom is 0.251 e. The fraction of sp³-hybridized carbons (Fsp3) is 0.235. The van der Waals surface area contributed by atoms with Crippen LogP contribution in [0.4, 0.5) is 0 Å². The minimum absolute atomic E-state index is 0.0177. The van der Waals surface area contributed by atoms with Gasteiger partial charge in [-0.25, -0.2) is 0 Å². The Morgan fingerprint density at radius 3 is 2.00 bits per heavy atom. The summed E-state index contributed by atoms with van der Waals surface area (Å²) in [5, 5.41) is 3.06. The van der Waals surface area contributed by atoms with Gasteiger partial charge in [0.05, 0.1) is 0 Å². The average molecular weight is 253 g/mol. The first-order chi connectivity index (χ1) is 9.18. The summed E-state index contributed by atoms with van der Waals surface area (Å²) in [5.41, 5.74) is 1.94. The van der Waals surface area contributed by atoms with Gasteiger partial charge in [-0.1, -0.05) is 55.5 Å². The number of hydrogen-bond donors (Lipinski definition) is 1. The van der Waals surface area contributed by atoms with Crippen molar-refractivity contribution in [1.82, 2.24) is 5.32 Å². The molecule has 2 heteroatoms. The van der Waals surface area contributed by atoms with E-state index in [0.717, 1.165) is 0 Å². The van der Waals surface area contributed by atoms with Gasteiger partial charge in [-0.05, 0) is 24.6 Å². The monoisotopic (exact) mass is 253 g/mol. The molecule has 0 saturated carbocycles. The molecule has 2 atom stereocenters. The Morgan fingerprint density at radius 1 is 0.895 bits per heavy atom. The summed E-state index contributed by atoms with van der Waals surface area (Å²) < 4.78 is 0. The van der Waals surface area contributed by atoms with Crippen LogP contribution in [0.2, 0.25) is 0 Å². The zero-order chi connectivity index (χ0) is 13.7. The summed E-state index contributed by atoms with van der Waals surface area (Å²) in [6.07, 6.45) is 0. The topological polar surface area (TPSA) is 29.1 Å². The highest BCUT2D eigenvalue weighted by atomic mass is 16.1. The number of rotatable bonds is 4. The highest BCUT2D eigenvalue weighted by Gasteiger charge is 2.16. The van der Waals surface area contributed by atoms with E-state index in [1.54, 1.807) is 0 Å². The third-order valence-corrected chi connectivity index (χ3v) is 3.47. The maximum atomic E-state index is 12.1. The predicted molar refractivity (Wildman–Crippen MR) is 78.2 cm³/mol. The lowest BCUT2D eigenvalue weighted by molar-refractivity contribution is 0.0935. The fourth-order valence-corrected chi connectivity index (χ4v) is 2.05. The second-order valence-electron chi connectivity index (χ2n) is 4.83. The standard InChI is InChI=1S/C17H19NO/c1-13(15-9-5-3-6-10-15)14(2)18-17(19)16-11-7-4-8-12-16/h3-14H,1-2H3,(H,18,19)/t13-,14-/m0/s1. The van der Waals surface area contributed by atoms with Gasteiger partial charge in [-0.15, -0.1) is 0 Å². The highest BCUT2D eigenvalue weighted by molar-refractivity contribution is 5.94. The van der Waals surface area contributed by atoms with Crippen LogP contribution in [0, 0.1) is 0 Å². The zero-order valence-corrected chi connectivity index (χ0v) is 11.3. The van der Waals surface area contributed by atoms with E-state index in [9.17, 15) is 4.79 Å². The van der Waals surface area contributed by atoms with Crippen LogP contribution in [0.3, 0.4) is 0 Å². The van der Waals surface area contributed by atoms with E-state index >= 15 is 0 Å². The lowest BCUT2D eigenvalue weighted by Gasteiger charge is -2.21. The van der Waals surface area contributed by atoms with Crippen LogP contribution in [0.25, 0.3) is 0 Å². The summed E-state index contributed by atoms with van der Waals surface area (Å²) in [5.74, 6) is 0.268. The van der Waals surface area contributed by atoms with Gasteiger partial charge in [0, 0.05) is 17.5 Å². The smallest absolute Gasteiger partial charge is 0.251 e. The van der Waals surface area contributed by atoms with Gasteiger partial charge in [-0.2, -0.15) is 0 Å². The van der Waals surface area contributed by atoms with Gasteiger partial charge in [0.25, 0.3) is 5.91 Å². The summed E-state index contributed by atoms with van der Waals surface area (Å²) in [4.78, 5) is 12.1. The highest BCUT2D eigenvalue weighted by Crippen LogP contribution is 2.18. The van der Waals surface area contributed by atoms with Crippen LogP contribution in [0.15, 0.2) is 60.7 Å². The first kappa shape index (κ1) is 13.3. The lowest BCUT2D eigenvalue weighted by Crippen LogP contribution is -2.36. The molecule has 1 N–H and O–H groups in total. The van der Waals surface area contributed by atoms with Crippen molar-refractivity contribution in [2.75, 3.05) is 0 Å². The predicted octanol–water partition coefficient (Wildman–Crippen LogP) is 3.61. The second kappa shape index (κ2) is 6.19. The van der Waals surface area contributed by atoms with E-state index in [1.165, 1.54) is 5.56 Å². The van der Waals surface area contributed by atoms with E-state index < -0.39 is 0 Å². The van der Waals surface area contributed by atoms with E-state index in [1.807, 2.05) is 55.5 Å². The molecule has 0 radical (unpaired) electrons. The number of nitrogens with one attached hydrogen (secondary N) is 1. The van der Waals surface area contributed by atoms with Crippen molar-refractivity contribution in [2.45, 2.75) is 25.8 Å². The molecule has 0 aliphatic rings. The molecule has 1 amide bonds. The number of carbonyl (C=O) groups is 1. The first-order valence-electron chi connectivity index (χ1n) is 6.59. The molecule has 0 spiro atoms. The Bertz CT molecular complexity index is 521. The molecule has 2 aromatic carbocycles. The van der Waals surface area contributed by atoms with E-state index in [2.05, 4.69) is 24.4 Å². The molecule has 0 heterocycles. The Hall–Kier alpha value is -2.09. The normalized spacial score (nSPS) is 13.6. The Balaban J connectivity index is 2.02. The van der Waals surface area contributed by atoms with Gasteiger partial charge >= 0.3 is 0 Å². The largest absolute Gasteiger partial charge is 0.349 e. The molecule has 0 aliphatic carbocycles. The molecule has 2 aromatic rings. The van der Waals surface area contributed by atoms with Gasteiger partial charge in [0.15, 0.2) is 0 Å². The fourth-order valence-electron chi connectivity index (χ4n) is 2.05. The molecular weight excluding hydrogens is 234 g/mol. The van der Waals surface area contributed by atoms with Crippen molar-refractivity contribution in [3.8, 4) is 0 Å². The second-order valence-corrected chi connectivity index (χ2v) is 4.83. The number of benzene rings is 2. The maximum absolute atomic E-state index is 12.1. The molecule has 2 nitrogen and oxygen atoms in total. The van der Waals surface area contributed by atoms with Crippen LogP contribution in [0.5, 0.6) is 0 Å². The zero-order valence-electron chi connectivity index (χ0n) is 11.3. The molecule has 0 unspecified atom stereocenters. The molecule has 0 bridgehead atoms. The molecule has 0 aromatic heterocycles. The van der Waals surface area contributed by atoms with Crippen molar-refractivity contribution in [3.05, 3.63) is 71.8 Å². The molecule has 0 aliphatic heterocycles. The van der Waals surface area contributed by atoms with Crippen LogP contribution >= 0.6 is 0 Å². The lowest BCUT2D eigenvalue weighted by atomic mass is 9.94. The minimum atomic E-state index is -0.0177. The van der Waals surface area contributed by atoms with Gasteiger partial charge < -0.3 is 5.32 Å². The number of hydrogen-bond acceptors (Lipinski definition) is 1. The third kappa shape index (κ3) is 3.44. The average Bonchev–Trinajstić information content (AvgIpc) is 2.48. The Morgan fingerprint density at radius 2 is 1.42 bits per heavy atom. The molecule has 0 saturated heterocycles. The van der Waals surface area contributed by atoms with Crippen LogP contribution in [-0.4, -0.2) is 11.9 Å². The Labute approximate surface area is 114 Å². The quantitative estimate of drug-likeness (QED) is 0.886. The number of carbonyl (C=O) groups excluding carboxylic acids is 1. The molecular formula is C17H19NO. The van der Waals surface area contributed by atoms with Crippen molar-refractivity contribution in [1.29, 1.82) is 0 Å². The number of amides is 1. The summed E-state index contributed by atoms with van der Waals surface area (Å²) in [6, 6.07) is 19.7. The van der Waals surface area contributed by atoms with Crippen molar-refractivity contribution < 1.29 is 4.79 Å². The van der Waals surface area contributed by atoms with Crippen molar-refractivity contribution in [3.63, 3.8) is 0 Å². The van der Waals surface area contributed by atoms with E-state index in [4.69, 9.17) is 0 Å². The summed E-state index contributed by atoms with van der Waals surface area (Å²) in [7, 11) is 0. The summed E-state index contributed by atoms with van der Waals surface area (Å²) in [6.45, 7) is 4.17. The van der Waals surface area contributed by atoms with Gasteiger partial charge in [0.2, 0.25) is 0 Å². The van der Waals surface area contributed by atoms with Crippen LogP contribution in [0.1, 0.15) is 35.7 Å². The first-order valence-corrected chi connectivity index (χ1v) is 6.59. The molecule has 0 fully saturated rings.